The number of rotatable bonds is 4. The summed E-state index contributed by atoms with van der Waals surface area (Å²) in [5, 5.41) is 0. The van der Waals surface area contributed by atoms with Crippen LogP contribution in [0.1, 0.15) is 19.3 Å². The molecule has 8 heteroatoms. The van der Waals surface area contributed by atoms with Gasteiger partial charge in [0.25, 0.3) is 0 Å². The second kappa shape index (κ2) is 8.05. The van der Waals surface area contributed by atoms with E-state index >= 15 is 0 Å². The summed E-state index contributed by atoms with van der Waals surface area (Å²) in [4.78, 5) is 9.06. The van der Waals surface area contributed by atoms with Crippen LogP contribution in [0.4, 0.5) is 15.9 Å². The van der Waals surface area contributed by atoms with Crippen molar-refractivity contribution < 1.29 is 12.8 Å². The highest BCUT2D eigenvalue weighted by Crippen LogP contribution is 2.23. The molecule has 0 unspecified atom stereocenters. The fraction of sp³-hybridized carbons (Fsp3) is 0.450. The molecule has 1 aromatic heterocycles. The van der Waals surface area contributed by atoms with Gasteiger partial charge in [-0.3, -0.25) is 0 Å². The Morgan fingerprint density at radius 1 is 0.786 bits per heavy atom. The highest BCUT2D eigenvalue weighted by molar-refractivity contribution is 7.89. The third-order valence-corrected chi connectivity index (χ3v) is 7.35. The van der Waals surface area contributed by atoms with Crippen LogP contribution in [0.2, 0.25) is 0 Å². The highest BCUT2D eigenvalue weighted by Gasteiger charge is 2.26. The molecule has 0 atom stereocenters. The summed E-state index contributed by atoms with van der Waals surface area (Å²) < 4.78 is 40.1. The number of piperazine rings is 1. The summed E-state index contributed by atoms with van der Waals surface area (Å²) in [6, 6.07) is 10.0. The van der Waals surface area contributed by atoms with Crippen LogP contribution >= 0.6 is 0 Å². The van der Waals surface area contributed by atoms with Crippen LogP contribution in [0.25, 0.3) is 0 Å². The minimum absolute atomic E-state index is 0.230. The number of aromatic nitrogens is 1. The number of halogens is 1. The molecule has 2 aliphatic rings. The van der Waals surface area contributed by atoms with Gasteiger partial charge in [0, 0.05) is 51.2 Å². The summed E-state index contributed by atoms with van der Waals surface area (Å²) in [5.41, 5.74) is 1.01. The van der Waals surface area contributed by atoms with E-state index in [9.17, 15) is 12.8 Å². The van der Waals surface area contributed by atoms with Gasteiger partial charge in [-0.15, -0.1) is 0 Å². The molecule has 28 heavy (non-hydrogen) atoms. The smallest absolute Gasteiger partial charge is 0.244 e. The fourth-order valence-corrected chi connectivity index (χ4v) is 5.28. The van der Waals surface area contributed by atoms with Crippen molar-refractivity contribution in [2.24, 2.45) is 0 Å². The minimum atomic E-state index is -3.44. The number of sulfonamides is 1. The van der Waals surface area contributed by atoms with E-state index in [1.54, 1.807) is 28.6 Å². The summed E-state index contributed by atoms with van der Waals surface area (Å²) >= 11 is 0. The van der Waals surface area contributed by atoms with Gasteiger partial charge >= 0.3 is 0 Å². The first kappa shape index (κ1) is 19.1. The van der Waals surface area contributed by atoms with E-state index in [0.29, 0.717) is 13.1 Å². The van der Waals surface area contributed by atoms with Crippen LogP contribution in [0.3, 0.4) is 0 Å². The quantitative estimate of drug-likeness (QED) is 0.784. The van der Waals surface area contributed by atoms with E-state index in [4.69, 9.17) is 0 Å². The predicted octanol–water partition coefficient (Wildman–Crippen LogP) is 2.72. The molecule has 2 aromatic rings. The van der Waals surface area contributed by atoms with Gasteiger partial charge in [-0.25, -0.2) is 17.8 Å². The number of anilines is 2. The van der Waals surface area contributed by atoms with Crippen molar-refractivity contribution in [3.05, 3.63) is 48.4 Å². The maximum Gasteiger partial charge on any atom is 0.244 e. The van der Waals surface area contributed by atoms with Crippen LogP contribution in [-0.2, 0) is 10.0 Å². The van der Waals surface area contributed by atoms with Crippen LogP contribution in [-0.4, -0.2) is 57.0 Å². The van der Waals surface area contributed by atoms with Crippen molar-refractivity contribution in [1.29, 1.82) is 0 Å². The molecule has 2 saturated heterocycles. The number of piperidine rings is 1. The van der Waals surface area contributed by atoms with Crippen molar-refractivity contribution in [1.82, 2.24) is 9.29 Å². The second-order valence-electron chi connectivity index (χ2n) is 7.27. The van der Waals surface area contributed by atoms with Crippen molar-refractivity contribution in [3.63, 3.8) is 0 Å². The summed E-state index contributed by atoms with van der Waals surface area (Å²) in [7, 11) is -3.44. The molecule has 0 bridgehead atoms. The first-order valence-corrected chi connectivity index (χ1v) is 11.2. The molecule has 6 nitrogen and oxygen atoms in total. The van der Waals surface area contributed by atoms with Gasteiger partial charge < -0.3 is 9.80 Å². The Morgan fingerprint density at radius 2 is 1.43 bits per heavy atom. The number of hydrogen-bond acceptors (Lipinski definition) is 5. The lowest BCUT2D eigenvalue weighted by atomic mass is 10.2. The van der Waals surface area contributed by atoms with Crippen molar-refractivity contribution in [2.75, 3.05) is 49.1 Å². The number of benzene rings is 1. The fourth-order valence-electron chi connectivity index (χ4n) is 3.81. The molecule has 4 rings (SSSR count). The summed E-state index contributed by atoms with van der Waals surface area (Å²) in [6.07, 6.45) is 4.41. The Morgan fingerprint density at radius 3 is 2.04 bits per heavy atom. The predicted molar refractivity (Wildman–Crippen MR) is 108 cm³/mol. The largest absolute Gasteiger partial charge is 0.368 e. The van der Waals surface area contributed by atoms with E-state index < -0.39 is 10.0 Å². The molecule has 0 saturated carbocycles. The van der Waals surface area contributed by atoms with Crippen LogP contribution < -0.4 is 9.80 Å². The Kier molecular flexibility index (Phi) is 5.50. The topological polar surface area (TPSA) is 56.8 Å². The van der Waals surface area contributed by atoms with Gasteiger partial charge in [0.15, 0.2) is 0 Å². The standard InChI is InChI=1S/C20H25FN4O2S/c21-17-4-6-18(7-5-17)23-12-14-24(15-13-23)20-9-8-19(16-22-20)28(26,27)25-10-2-1-3-11-25/h4-9,16H,1-3,10-15H2. The first-order valence-electron chi connectivity index (χ1n) is 9.76. The van der Waals surface area contributed by atoms with Gasteiger partial charge in [-0.2, -0.15) is 4.31 Å². The Labute approximate surface area is 165 Å². The third kappa shape index (κ3) is 3.98. The SMILES string of the molecule is O=S(=O)(c1ccc(N2CCN(c3ccc(F)cc3)CC2)nc1)N1CCCCC1. The van der Waals surface area contributed by atoms with Crippen LogP contribution in [0.5, 0.6) is 0 Å². The zero-order valence-corrected chi connectivity index (χ0v) is 16.6. The average molecular weight is 405 g/mol. The normalized spacial score (nSPS) is 19.0. The first-order chi connectivity index (χ1) is 13.5. The Bertz CT molecular complexity index is 889. The van der Waals surface area contributed by atoms with E-state index in [1.165, 1.54) is 18.3 Å². The van der Waals surface area contributed by atoms with E-state index in [2.05, 4.69) is 14.8 Å². The third-order valence-electron chi connectivity index (χ3n) is 5.47. The van der Waals surface area contributed by atoms with E-state index in [0.717, 1.165) is 56.9 Å². The lowest BCUT2D eigenvalue weighted by Crippen LogP contribution is -2.46. The summed E-state index contributed by atoms with van der Waals surface area (Å²) in [5.74, 6) is 0.558. The molecule has 0 amide bonds. The van der Waals surface area contributed by atoms with Gasteiger partial charge in [-0.1, -0.05) is 6.42 Å². The average Bonchev–Trinajstić information content (AvgIpc) is 2.75. The van der Waals surface area contributed by atoms with Crippen LogP contribution in [0.15, 0.2) is 47.5 Å². The zero-order chi connectivity index (χ0) is 19.6. The molecular weight excluding hydrogens is 379 g/mol. The van der Waals surface area contributed by atoms with Gasteiger partial charge in [0.05, 0.1) is 0 Å². The molecule has 150 valence electrons. The lowest BCUT2D eigenvalue weighted by Gasteiger charge is -2.36. The van der Waals surface area contributed by atoms with E-state index in [-0.39, 0.29) is 10.7 Å². The zero-order valence-electron chi connectivity index (χ0n) is 15.8. The minimum Gasteiger partial charge on any atom is -0.368 e. The molecule has 2 fully saturated rings. The monoisotopic (exact) mass is 404 g/mol. The van der Waals surface area contributed by atoms with Crippen molar-refractivity contribution >= 4 is 21.5 Å². The van der Waals surface area contributed by atoms with Crippen LogP contribution in [0, 0.1) is 5.82 Å². The molecule has 0 N–H and O–H groups in total. The molecule has 2 aliphatic heterocycles. The van der Waals surface area contributed by atoms with Crippen molar-refractivity contribution in [3.8, 4) is 0 Å². The lowest BCUT2D eigenvalue weighted by molar-refractivity contribution is 0.346. The Hall–Kier alpha value is -2.19. The van der Waals surface area contributed by atoms with Gasteiger partial charge in [0.1, 0.15) is 16.5 Å². The number of nitrogens with zero attached hydrogens (tertiary/aromatic N) is 4. The second-order valence-corrected chi connectivity index (χ2v) is 9.21. The molecule has 0 spiro atoms. The molecule has 1 aromatic carbocycles. The van der Waals surface area contributed by atoms with Crippen molar-refractivity contribution in [2.45, 2.75) is 24.2 Å². The van der Waals surface area contributed by atoms with Gasteiger partial charge in [0.2, 0.25) is 10.0 Å². The molecule has 0 radical (unpaired) electrons. The molecule has 0 aliphatic carbocycles. The number of pyridine rings is 1. The Balaban J connectivity index is 1.40. The summed E-state index contributed by atoms with van der Waals surface area (Å²) in [6.45, 7) is 4.36. The van der Waals surface area contributed by atoms with Gasteiger partial charge in [-0.05, 0) is 49.2 Å². The highest BCUT2D eigenvalue weighted by atomic mass is 32.2. The maximum absolute atomic E-state index is 13.1. The molecule has 3 heterocycles. The number of hydrogen-bond donors (Lipinski definition) is 0. The maximum atomic E-state index is 13.1. The van der Waals surface area contributed by atoms with E-state index in [1.807, 2.05) is 0 Å². The molecular formula is C20H25FN4O2S.